The molecule has 6 aromatic rings. The van der Waals surface area contributed by atoms with Gasteiger partial charge in [-0.2, -0.15) is 19.9 Å². The van der Waals surface area contributed by atoms with Crippen LogP contribution in [0.5, 0.6) is 12.0 Å². The first-order chi connectivity index (χ1) is 42.0. The Hall–Kier alpha value is -6.88. The van der Waals surface area contributed by atoms with Crippen molar-refractivity contribution in [1.82, 2.24) is 49.1 Å². The van der Waals surface area contributed by atoms with Gasteiger partial charge in [-0.15, -0.1) is 0 Å². The van der Waals surface area contributed by atoms with E-state index in [1.807, 2.05) is 27.0 Å². The lowest BCUT2D eigenvalue weighted by molar-refractivity contribution is 0.0240. The van der Waals surface area contributed by atoms with E-state index in [0.29, 0.717) is 109 Å². The fourth-order valence-corrected chi connectivity index (χ4v) is 14.3. The topological polar surface area (TPSA) is 189 Å². The molecule has 88 heavy (non-hydrogen) atoms. The molecular weight excluding hydrogens is 1130 g/mol. The summed E-state index contributed by atoms with van der Waals surface area (Å²) >= 11 is 0. The summed E-state index contributed by atoms with van der Waals surface area (Å²) in [6.45, 7) is 34.2. The number of nitrogens with one attached hydrogen (secondary N) is 1. The van der Waals surface area contributed by atoms with Gasteiger partial charge in [-0.05, 0) is 167 Å². The monoisotopic (exact) mass is 1220 g/mol. The van der Waals surface area contributed by atoms with Crippen LogP contribution in [0.4, 0.5) is 32.6 Å². The van der Waals surface area contributed by atoms with Crippen LogP contribution in [0.2, 0.25) is 25.7 Å². The van der Waals surface area contributed by atoms with Crippen molar-refractivity contribution in [1.29, 1.82) is 0 Å². The molecule has 2 aromatic carbocycles. The Kier molecular flexibility index (Phi) is 18.7. The molecule has 0 saturated carbocycles. The Balaban J connectivity index is 0.000000188. The molecule has 0 bridgehead atoms. The lowest BCUT2D eigenvalue weighted by Gasteiger charge is -2.38. The van der Waals surface area contributed by atoms with Crippen LogP contribution in [0, 0.1) is 27.7 Å². The highest BCUT2D eigenvalue weighted by Crippen LogP contribution is 2.40. The molecule has 476 valence electrons. The summed E-state index contributed by atoms with van der Waals surface area (Å²) < 4.78 is 26.7. The average Bonchev–Trinajstić information content (AvgIpc) is 1.40. The molecule has 0 unspecified atom stereocenters. The van der Waals surface area contributed by atoms with Gasteiger partial charge in [-0.25, -0.2) is 9.59 Å². The standard InChI is InChI=1S/C38H59N7O4Si.C28H37N7O3/c1-27-23-33-31(13-16-45(33)26-47-21-22-50(7,8)9)34(28(27)2)44-15-12-30-32(24-44)39-36(48-25-29-11-10-14-41(29)6)40-35(30)42-17-19-43(20-18-42)37(46)49-38(3,4)5;1-18-15-23-21(6-8-29-23)25(19(18)2)35-10-7-22-24(16-35)30-27(38-17-20-5-4-9-32(20)3)31-26(22)33-11-13-34(14-12-33)28(36)37/h13,16,23,29H,10-12,14-15,17-22,24-26H2,1-9H3;6,8,15,20,29H,4-5,7,9-14,16-17H2,1-3H3,(H,36,37)/t29-;20-/m00/s1. The van der Waals surface area contributed by atoms with Gasteiger partial charge in [-0.3, -0.25) is 0 Å². The van der Waals surface area contributed by atoms with Crippen molar-refractivity contribution < 1.29 is 33.6 Å². The molecule has 2 amide bonds. The normalized spacial score (nSPS) is 19.5. The number of H-pyrrole nitrogens is 1. The smallest absolute Gasteiger partial charge is 0.410 e. The lowest BCUT2D eigenvalue weighted by atomic mass is 9.99. The maximum absolute atomic E-state index is 12.8. The summed E-state index contributed by atoms with van der Waals surface area (Å²) in [4.78, 5) is 65.2. The molecule has 12 rings (SSSR count). The minimum atomic E-state index is -1.15. The molecule has 10 heterocycles. The number of aromatic amines is 1. The molecule has 2 atom stereocenters. The van der Waals surface area contributed by atoms with Gasteiger partial charge >= 0.3 is 24.2 Å². The molecule has 0 aliphatic carbocycles. The molecule has 0 radical (unpaired) electrons. The average molecular weight is 1230 g/mol. The minimum Gasteiger partial charge on any atom is -0.465 e. The highest BCUT2D eigenvalue weighted by molar-refractivity contribution is 6.76. The summed E-state index contributed by atoms with van der Waals surface area (Å²) in [6.07, 6.45) is 9.34. The zero-order chi connectivity index (χ0) is 62.2. The van der Waals surface area contributed by atoms with Crippen LogP contribution >= 0.6 is 0 Å². The van der Waals surface area contributed by atoms with Crippen molar-refractivity contribution in [3.63, 3.8) is 0 Å². The van der Waals surface area contributed by atoms with Crippen molar-refractivity contribution in [3.05, 3.63) is 81.4 Å². The molecule has 6 aliphatic rings. The number of anilines is 4. The summed E-state index contributed by atoms with van der Waals surface area (Å²) in [6, 6.07) is 11.7. The second-order valence-corrected chi connectivity index (χ2v) is 33.2. The number of aryl methyl sites for hydroxylation is 2. The Bertz CT molecular complexity index is 3470. The molecule has 22 heteroatoms. The number of piperazine rings is 2. The summed E-state index contributed by atoms with van der Waals surface area (Å²) in [5.74, 6) is 1.85. The number of carbonyl (C=O) groups is 2. The number of likely N-dealkylation sites (N-methyl/N-ethyl adjacent to an activating group) is 2. The van der Waals surface area contributed by atoms with Crippen LogP contribution in [0.15, 0.2) is 36.7 Å². The number of likely N-dealkylation sites (tertiary alicyclic amines) is 2. The largest absolute Gasteiger partial charge is 0.465 e. The van der Waals surface area contributed by atoms with Gasteiger partial charge in [0, 0.05) is 143 Å². The van der Waals surface area contributed by atoms with Crippen molar-refractivity contribution in [3.8, 4) is 12.0 Å². The number of benzene rings is 2. The maximum atomic E-state index is 12.8. The first kappa shape index (κ1) is 62.7. The van der Waals surface area contributed by atoms with Crippen molar-refractivity contribution in [2.24, 2.45) is 0 Å². The number of carboxylic acid groups (broad SMARTS) is 1. The van der Waals surface area contributed by atoms with Gasteiger partial charge in [0.25, 0.3) is 0 Å². The number of nitrogens with zero attached hydrogens (tertiary/aromatic N) is 13. The van der Waals surface area contributed by atoms with Crippen LogP contribution in [0.1, 0.15) is 91.2 Å². The molecule has 6 aliphatic heterocycles. The van der Waals surface area contributed by atoms with E-state index >= 15 is 0 Å². The third-order valence-corrected chi connectivity index (χ3v) is 20.7. The van der Waals surface area contributed by atoms with Gasteiger partial charge < -0.3 is 72.8 Å². The van der Waals surface area contributed by atoms with E-state index in [1.165, 1.54) is 73.2 Å². The summed E-state index contributed by atoms with van der Waals surface area (Å²) in [7, 11) is 3.16. The quantitative estimate of drug-likeness (QED) is 0.0729. The van der Waals surface area contributed by atoms with Crippen LogP contribution in [-0.4, -0.2) is 205 Å². The number of hydrogen-bond donors (Lipinski definition) is 2. The van der Waals surface area contributed by atoms with Crippen LogP contribution in [-0.2, 0) is 42.1 Å². The fraction of sp³-hybridized carbons (Fsp3) is 0.606. The highest BCUT2D eigenvalue weighted by Gasteiger charge is 2.35. The third-order valence-electron chi connectivity index (χ3n) is 19.0. The molecular formula is C66H96N14O7Si. The van der Waals surface area contributed by atoms with Gasteiger partial charge in [0.15, 0.2) is 0 Å². The zero-order valence-corrected chi connectivity index (χ0v) is 55.5. The first-order valence-electron chi connectivity index (χ1n) is 32.2. The number of hydrogen-bond acceptors (Lipinski definition) is 16. The van der Waals surface area contributed by atoms with Crippen LogP contribution < -0.4 is 29.1 Å². The molecule has 21 nitrogen and oxygen atoms in total. The molecule has 4 saturated heterocycles. The van der Waals surface area contributed by atoms with Crippen molar-refractivity contribution in [2.45, 2.75) is 150 Å². The molecule has 4 aromatic heterocycles. The van der Waals surface area contributed by atoms with E-state index in [2.05, 4.69) is 131 Å². The second-order valence-electron chi connectivity index (χ2n) is 27.6. The number of ether oxygens (including phenoxy) is 4. The Labute approximate surface area is 521 Å². The molecule has 2 N–H and O–H groups in total. The zero-order valence-electron chi connectivity index (χ0n) is 54.5. The van der Waals surface area contributed by atoms with Crippen molar-refractivity contribution >= 4 is 65.1 Å². The predicted molar refractivity (Wildman–Crippen MR) is 351 cm³/mol. The Morgan fingerprint density at radius 2 is 1.18 bits per heavy atom. The Morgan fingerprint density at radius 1 is 0.659 bits per heavy atom. The van der Waals surface area contributed by atoms with Gasteiger partial charge in [-0.1, -0.05) is 19.6 Å². The fourth-order valence-electron chi connectivity index (χ4n) is 13.5. The van der Waals surface area contributed by atoms with E-state index in [9.17, 15) is 14.7 Å². The molecule has 4 fully saturated rings. The van der Waals surface area contributed by atoms with E-state index in [1.54, 1.807) is 4.90 Å². The molecule has 0 spiro atoms. The number of carbonyl (C=O) groups excluding carboxylic acids is 1. The van der Waals surface area contributed by atoms with Crippen LogP contribution in [0.3, 0.4) is 0 Å². The number of amides is 2. The van der Waals surface area contributed by atoms with E-state index in [0.717, 1.165) is 98.6 Å². The van der Waals surface area contributed by atoms with Gasteiger partial charge in [0.05, 0.1) is 30.0 Å². The number of fused-ring (bicyclic) bond motifs is 4. The van der Waals surface area contributed by atoms with Gasteiger partial charge in [0.2, 0.25) is 0 Å². The van der Waals surface area contributed by atoms with E-state index in [-0.39, 0.29) is 6.09 Å². The van der Waals surface area contributed by atoms with E-state index < -0.39 is 19.8 Å². The minimum absolute atomic E-state index is 0.256. The Morgan fingerprint density at radius 3 is 1.68 bits per heavy atom. The number of rotatable bonds is 15. The van der Waals surface area contributed by atoms with Gasteiger partial charge in [0.1, 0.15) is 37.2 Å². The third kappa shape index (κ3) is 14.1. The first-order valence-corrected chi connectivity index (χ1v) is 35.9. The van der Waals surface area contributed by atoms with E-state index in [4.69, 9.17) is 38.9 Å². The number of aromatic nitrogens is 6. The SMILES string of the molecule is Cc1cc2[nH]ccc2c(N2CCc3c(nc(OC[C@@H]4CCCN4C)nc3N3CCN(C(=O)O)CC3)C2)c1C.Cc1cc2c(ccn2COCC[Si](C)(C)C)c(N2CCc3c(nc(OC[C@@H]4CCCN4C)nc3N3CCN(C(=O)OC(C)(C)C)CC3)C2)c1C. The second kappa shape index (κ2) is 26.3. The summed E-state index contributed by atoms with van der Waals surface area (Å²) in [5.41, 5.74) is 13.9. The maximum Gasteiger partial charge on any atom is 0.410 e. The van der Waals surface area contributed by atoms with Crippen LogP contribution in [0.25, 0.3) is 21.8 Å². The van der Waals surface area contributed by atoms with Crippen molar-refractivity contribution in [2.75, 3.05) is 132 Å². The lowest BCUT2D eigenvalue weighted by Crippen LogP contribution is -2.50. The predicted octanol–water partition coefficient (Wildman–Crippen LogP) is 9.86. The highest BCUT2D eigenvalue weighted by atomic mass is 28.3. The summed E-state index contributed by atoms with van der Waals surface area (Å²) in [5, 5.41) is 11.9.